The predicted molar refractivity (Wildman–Crippen MR) is 147 cm³/mol. The number of rotatable bonds is 5. The second-order valence-electron chi connectivity index (χ2n) is 9.33. The Bertz CT molecular complexity index is 1760. The Hall–Kier alpha value is -2.94. The normalized spacial score (nSPS) is 13.5. The average molecular weight is 762 g/mol. The summed E-state index contributed by atoms with van der Waals surface area (Å²) in [5, 5.41) is 2.05. The van der Waals surface area contributed by atoms with Gasteiger partial charge in [-0.3, -0.25) is 5.32 Å². The molecular weight excluding hydrogens is 730 g/mol. The van der Waals surface area contributed by atoms with Gasteiger partial charge in [0.15, 0.2) is 10.1 Å². The molecule has 0 saturated heterocycles. The van der Waals surface area contributed by atoms with Gasteiger partial charge >= 0.3 is 36.9 Å². The minimum Gasteiger partial charge on any atom is -0.741 e. The molecule has 2 aromatic rings. The van der Waals surface area contributed by atoms with Crippen LogP contribution in [0.2, 0.25) is 0 Å². The summed E-state index contributed by atoms with van der Waals surface area (Å²) in [7, 11) is -19.4. The highest BCUT2D eigenvalue weighted by Gasteiger charge is 2.37. The predicted octanol–water partition coefficient (Wildman–Crippen LogP) is 1.88. The summed E-state index contributed by atoms with van der Waals surface area (Å²) in [6.07, 6.45) is 8.85. The molecule has 3 heterocycles. The fraction of sp³-hybridized carbons (Fsp3) is 0.550. The Balaban J connectivity index is 0. The summed E-state index contributed by atoms with van der Waals surface area (Å²) >= 11 is 0. The Morgan fingerprint density at radius 3 is 1.46 bits per heavy atom. The highest BCUT2D eigenvalue weighted by Crippen LogP contribution is 2.20. The molecule has 0 atom stereocenters. The van der Waals surface area contributed by atoms with Crippen molar-refractivity contribution in [1.29, 1.82) is 0 Å². The van der Waals surface area contributed by atoms with Gasteiger partial charge < -0.3 is 4.55 Å². The quantitative estimate of drug-likeness (QED) is 0.154. The molecular formula is C20H32F7N6O9S4+. The summed E-state index contributed by atoms with van der Waals surface area (Å²) in [4.78, 5) is 7.84. The van der Waals surface area contributed by atoms with Gasteiger partial charge in [-0.05, 0) is 0 Å². The largest absolute Gasteiger partial charge is 0.741 e. The van der Waals surface area contributed by atoms with E-state index in [4.69, 9.17) is 21.4 Å². The molecule has 0 fully saturated rings. The average Bonchev–Trinajstić information content (AvgIpc) is 3.57. The number of halogens is 7. The zero-order chi connectivity index (χ0) is 37.1. The number of aliphatic imine (C=N–C) groups is 1. The molecule has 46 heavy (non-hydrogen) atoms. The van der Waals surface area contributed by atoms with Crippen LogP contribution in [0.1, 0.15) is 65.0 Å². The van der Waals surface area contributed by atoms with Crippen molar-refractivity contribution >= 4 is 47.4 Å². The molecule has 3 rings (SSSR count). The van der Waals surface area contributed by atoms with Crippen molar-refractivity contribution in [3.05, 3.63) is 48.8 Å². The second kappa shape index (κ2) is 17.8. The van der Waals surface area contributed by atoms with Crippen LogP contribution in [0.25, 0.3) is 0 Å². The molecule has 0 aliphatic carbocycles. The van der Waals surface area contributed by atoms with Gasteiger partial charge in [-0.25, -0.2) is 26.9 Å². The third kappa shape index (κ3) is 18.3. The molecule has 0 saturated carbocycles. The van der Waals surface area contributed by atoms with Gasteiger partial charge in [0.1, 0.15) is 24.4 Å². The Morgan fingerprint density at radius 2 is 1.24 bits per heavy atom. The van der Waals surface area contributed by atoms with Crippen molar-refractivity contribution in [3.8, 4) is 0 Å². The van der Waals surface area contributed by atoms with E-state index in [1.54, 1.807) is 39.3 Å². The van der Waals surface area contributed by atoms with E-state index in [0.717, 1.165) is 6.20 Å². The number of alkyl halides is 3. The standard InChI is InChI=1S/C7H12FN2O2S.C6H9FN2O2S.C6H10N2.CHF3O3S.F2O2S/c1-6(2)7-9(3)4-5-10(7)13(8,11)12;1-5(2)6-8-3-4-9(6)12(7,10)11;1-5(2)6-7-3-4-8-6;2-1(3,4)8(5,6)7;1-5(2,3)4/h4-6H,1-3H3;3-5H,1-2H3;3-5H,1-2H3,(H,7,8);(H,5,6,7);/q+1;;;;. The summed E-state index contributed by atoms with van der Waals surface area (Å²) in [5.41, 5.74) is -5.65. The van der Waals surface area contributed by atoms with Gasteiger partial charge in [0, 0.05) is 24.2 Å². The summed E-state index contributed by atoms with van der Waals surface area (Å²) in [6.45, 7) is 11.4. The maximum atomic E-state index is 12.7. The highest BCUT2D eigenvalue weighted by molar-refractivity contribution is 7.86. The van der Waals surface area contributed by atoms with Crippen LogP contribution in [0.5, 0.6) is 0 Å². The van der Waals surface area contributed by atoms with Crippen molar-refractivity contribution in [1.82, 2.24) is 12.9 Å². The lowest BCUT2D eigenvalue weighted by Crippen LogP contribution is -2.82. The lowest BCUT2D eigenvalue weighted by molar-refractivity contribution is -0.679. The van der Waals surface area contributed by atoms with Gasteiger partial charge in [0.2, 0.25) is 5.84 Å². The molecule has 0 amide bonds. The van der Waals surface area contributed by atoms with E-state index in [1.807, 2.05) is 17.7 Å². The summed E-state index contributed by atoms with van der Waals surface area (Å²) < 4.78 is 166. The van der Waals surface area contributed by atoms with Gasteiger partial charge in [-0.2, -0.15) is 38.4 Å². The molecule has 0 spiro atoms. The first-order valence-corrected chi connectivity index (χ1v) is 17.4. The van der Waals surface area contributed by atoms with E-state index in [2.05, 4.69) is 23.8 Å². The number of aryl methyl sites for hydroxylation is 1. The van der Waals surface area contributed by atoms with Crippen LogP contribution in [0, 0.1) is 5.92 Å². The lowest BCUT2D eigenvalue weighted by atomic mass is 10.2. The van der Waals surface area contributed by atoms with Gasteiger partial charge in [-0.15, -0.1) is 0 Å². The van der Waals surface area contributed by atoms with Gasteiger partial charge in [-0.1, -0.05) is 61.1 Å². The van der Waals surface area contributed by atoms with E-state index in [9.17, 15) is 45.5 Å². The van der Waals surface area contributed by atoms with Crippen LogP contribution >= 0.6 is 0 Å². The van der Waals surface area contributed by atoms with Crippen LogP contribution in [0.4, 0.5) is 28.7 Å². The number of nitrogens with zero attached hydrogens (tertiary/aromatic N) is 5. The first kappa shape index (κ1) is 45.2. The second-order valence-corrected chi connectivity index (χ2v) is 13.9. The van der Waals surface area contributed by atoms with Crippen LogP contribution in [-0.4, -0.2) is 62.5 Å². The number of aromatic nitrogens is 4. The number of amidine groups is 1. The third-order valence-corrected chi connectivity index (χ3v) is 6.73. The van der Waals surface area contributed by atoms with Crippen molar-refractivity contribution in [2.45, 2.75) is 58.9 Å². The van der Waals surface area contributed by atoms with Crippen LogP contribution in [0.15, 0.2) is 42.2 Å². The fourth-order valence-electron chi connectivity index (χ4n) is 2.86. The molecule has 1 aliphatic heterocycles. The number of nitrogens with two attached hydrogens (primary N) is 1. The third-order valence-electron chi connectivity index (χ3n) is 4.60. The lowest BCUT2D eigenvalue weighted by Gasteiger charge is -2.08. The molecule has 0 radical (unpaired) electrons. The van der Waals surface area contributed by atoms with Crippen molar-refractivity contribution < 1.29 is 76.8 Å². The van der Waals surface area contributed by atoms with E-state index < -0.39 is 47.1 Å². The molecule has 0 aromatic carbocycles. The van der Waals surface area contributed by atoms with Gasteiger partial charge in [0.05, 0.1) is 19.2 Å². The topological polar surface area (TPSA) is 215 Å². The summed E-state index contributed by atoms with van der Waals surface area (Å²) in [5.74, 6) is 2.21. The van der Waals surface area contributed by atoms with E-state index in [0.29, 0.717) is 19.7 Å². The summed E-state index contributed by atoms with van der Waals surface area (Å²) in [6, 6.07) is 0. The molecule has 26 heteroatoms. The number of imidazole rings is 2. The molecule has 2 aromatic heterocycles. The SMILES string of the molecule is CC(C)C1=NC=C[NH2+]1.CC(C)c1n(S(=O)(=O)F)cc[n+]1C.CC(C)c1nccn1S(=O)(=O)F.O=S(=O)(F)F.O=S(=O)([O-])C(F)(F)F. The molecule has 0 bridgehead atoms. The van der Waals surface area contributed by atoms with Crippen LogP contribution < -0.4 is 9.88 Å². The molecule has 2 N–H and O–H groups in total. The molecule has 0 unspecified atom stereocenters. The monoisotopic (exact) mass is 761 g/mol. The fourth-order valence-corrected chi connectivity index (χ4v) is 4.31. The van der Waals surface area contributed by atoms with Gasteiger partial charge in [0.25, 0.3) is 5.82 Å². The Morgan fingerprint density at radius 1 is 0.804 bits per heavy atom. The van der Waals surface area contributed by atoms with E-state index in [-0.39, 0.29) is 17.7 Å². The first-order chi connectivity index (χ1) is 20.3. The van der Waals surface area contributed by atoms with E-state index >= 15 is 0 Å². The Kier molecular flexibility index (Phi) is 17.5. The van der Waals surface area contributed by atoms with Crippen molar-refractivity contribution in [2.24, 2.45) is 18.0 Å². The maximum Gasteiger partial charge on any atom is 0.485 e. The van der Waals surface area contributed by atoms with Crippen molar-refractivity contribution in [2.75, 3.05) is 0 Å². The van der Waals surface area contributed by atoms with Crippen molar-refractivity contribution in [3.63, 3.8) is 0 Å². The minimum atomic E-state index is -6.09. The van der Waals surface area contributed by atoms with Crippen LogP contribution in [0.3, 0.4) is 0 Å². The zero-order valence-corrected chi connectivity index (χ0v) is 28.2. The Labute approximate surface area is 262 Å². The number of quaternary nitrogens is 1. The first-order valence-electron chi connectivity index (χ1n) is 12.1. The number of hydrogen-bond donors (Lipinski definition) is 1. The van der Waals surface area contributed by atoms with E-state index in [1.165, 1.54) is 24.4 Å². The maximum absolute atomic E-state index is 12.7. The number of hydrogen-bond acceptors (Lipinski definition) is 11. The smallest absolute Gasteiger partial charge is 0.485 e. The minimum absolute atomic E-state index is 0.0504. The zero-order valence-electron chi connectivity index (χ0n) is 25.0. The molecule has 268 valence electrons. The highest BCUT2D eigenvalue weighted by atomic mass is 32.3. The van der Waals surface area contributed by atoms with Crippen LogP contribution in [-0.2, 0) is 48.6 Å². The molecule has 1 aliphatic rings. The molecule has 15 nitrogen and oxygen atoms in total.